The first kappa shape index (κ1) is 21.8. The Morgan fingerprint density at radius 2 is 1.47 bits per heavy atom. The Labute approximate surface area is 192 Å². The summed E-state index contributed by atoms with van der Waals surface area (Å²) in [6, 6.07) is 20.9. The molecule has 1 aliphatic carbocycles. The second-order valence-corrected chi connectivity index (χ2v) is 8.42. The fraction of sp³-hybridized carbons (Fsp3) is 0.192. The van der Waals surface area contributed by atoms with Gasteiger partial charge in [-0.3, -0.25) is 14.4 Å². The van der Waals surface area contributed by atoms with E-state index in [4.69, 9.17) is 11.6 Å². The minimum absolute atomic E-state index is 0.0712. The number of nitrogens with zero attached hydrogens (tertiary/aromatic N) is 1. The summed E-state index contributed by atoms with van der Waals surface area (Å²) >= 11 is 5.92. The van der Waals surface area contributed by atoms with Crippen molar-refractivity contribution in [3.63, 3.8) is 0 Å². The molecule has 1 saturated carbocycles. The molecule has 3 aromatic carbocycles. The van der Waals surface area contributed by atoms with Crippen LogP contribution in [0.15, 0.2) is 72.8 Å². The molecule has 2 amide bonds. The van der Waals surface area contributed by atoms with Gasteiger partial charge in [-0.2, -0.15) is 0 Å². The Kier molecular flexibility index (Phi) is 6.37. The zero-order valence-corrected chi connectivity index (χ0v) is 18.4. The van der Waals surface area contributed by atoms with E-state index in [0.29, 0.717) is 39.9 Å². The van der Waals surface area contributed by atoms with Crippen molar-refractivity contribution in [2.75, 3.05) is 7.05 Å². The molecule has 1 fully saturated rings. The quantitative estimate of drug-likeness (QED) is 0.533. The fourth-order valence-corrected chi connectivity index (χ4v) is 3.56. The Morgan fingerprint density at radius 3 is 2.09 bits per heavy atom. The van der Waals surface area contributed by atoms with Crippen LogP contribution in [0.4, 0.5) is 0 Å². The van der Waals surface area contributed by atoms with E-state index in [2.05, 4.69) is 5.32 Å². The molecule has 0 unspecified atom stereocenters. The van der Waals surface area contributed by atoms with E-state index in [-0.39, 0.29) is 17.6 Å². The number of carbonyl (C=O) groups is 3. The molecule has 1 aliphatic rings. The topological polar surface area (TPSA) is 66.5 Å². The van der Waals surface area contributed by atoms with E-state index < -0.39 is 0 Å². The maximum absolute atomic E-state index is 13.2. The summed E-state index contributed by atoms with van der Waals surface area (Å²) in [6.07, 6.45) is 2.08. The third-order valence-electron chi connectivity index (χ3n) is 5.40. The number of benzene rings is 3. The fourth-order valence-electron chi connectivity index (χ4n) is 3.43. The molecule has 0 aromatic heterocycles. The van der Waals surface area contributed by atoms with Gasteiger partial charge in [-0.1, -0.05) is 41.9 Å². The van der Waals surface area contributed by atoms with E-state index in [1.807, 2.05) is 12.1 Å². The lowest BCUT2D eigenvalue weighted by Gasteiger charge is -2.19. The van der Waals surface area contributed by atoms with E-state index >= 15 is 0 Å². The molecule has 0 saturated heterocycles. The first-order chi connectivity index (χ1) is 15.4. The van der Waals surface area contributed by atoms with Crippen LogP contribution in [0.5, 0.6) is 0 Å². The van der Waals surface area contributed by atoms with Crippen molar-refractivity contribution in [1.29, 1.82) is 0 Å². The van der Waals surface area contributed by atoms with Crippen molar-refractivity contribution in [1.82, 2.24) is 10.2 Å². The molecule has 4 rings (SSSR count). The normalized spacial score (nSPS) is 12.8. The Hall–Kier alpha value is -3.44. The van der Waals surface area contributed by atoms with Gasteiger partial charge in [0.1, 0.15) is 0 Å². The van der Waals surface area contributed by atoms with Gasteiger partial charge in [-0.15, -0.1) is 0 Å². The van der Waals surface area contributed by atoms with Crippen LogP contribution in [0.1, 0.15) is 55.0 Å². The van der Waals surface area contributed by atoms with E-state index in [9.17, 15) is 14.4 Å². The third-order valence-corrected chi connectivity index (χ3v) is 5.66. The van der Waals surface area contributed by atoms with E-state index in [0.717, 1.165) is 18.4 Å². The summed E-state index contributed by atoms with van der Waals surface area (Å²) in [6.45, 7) is 0.354. The zero-order chi connectivity index (χ0) is 22.7. The van der Waals surface area contributed by atoms with Crippen LogP contribution >= 0.6 is 11.6 Å². The molecular weight excluding hydrogens is 424 g/mol. The largest absolute Gasteiger partial charge is 0.349 e. The predicted octanol–water partition coefficient (Wildman–Crippen LogP) is 4.74. The number of rotatable bonds is 7. The number of hydrogen-bond donors (Lipinski definition) is 1. The van der Waals surface area contributed by atoms with Crippen LogP contribution < -0.4 is 5.32 Å². The summed E-state index contributed by atoms with van der Waals surface area (Å²) < 4.78 is 0. The molecule has 162 valence electrons. The maximum atomic E-state index is 13.2. The lowest BCUT2D eigenvalue weighted by molar-refractivity contribution is 0.0780. The van der Waals surface area contributed by atoms with Crippen LogP contribution in [0.2, 0.25) is 5.02 Å². The van der Waals surface area contributed by atoms with Crippen LogP contribution in [0.25, 0.3) is 0 Å². The van der Waals surface area contributed by atoms with Crippen molar-refractivity contribution in [2.45, 2.75) is 25.4 Å². The van der Waals surface area contributed by atoms with Crippen molar-refractivity contribution in [3.05, 3.63) is 106 Å². The van der Waals surface area contributed by atoms with E-state index in [1.54, 1.807) is 72.6 Å². The second-order valence-electron chi connectivity index (χ2n) is 7.99. The predicted molar refractivity (Wildman–Crippen MR) is 124 cm³/mol. The van der Waals surface area contributed by atoms with Gasteiger partial charge in [0.2, 0.25) is 0 Å². The number of nitrogens with one attached hydrogen (secondary N) is 1. The number of carbonyl (C=O) groups excluding carboxylic acids is 3. The molecule has 0 heterocycles. The number of halogens is 1. The molecule has 32 heavy (non-hydrogen) atoms. The molecule has 1 N–H and O–H groups in total. The van der Waals surface area contributed by atoms with Gasteiger partial charge >= 0.3 is 0 Å². The maximum Gasteiger partial charge on any atom is 0.254 e. The van der Waals surface area contributed by atoms with E-state index in [1.165, 1.54) is 0 Å². The van der Waals surface area contributed by atoms with Crippen LogP contribution in [0.3, 0.4) is 0 Å². The SMILES string of the molecule is CN(Cc1ccc(C(=O)NC2CC2)cc1)C(=O)c1ccccc1C(=O)c1ccc(Cl)cc1. The standard InChI is InChI=1S/C26H23ClN2O3/c1-29(16-17-6-8-19(9-7-17)25(31)28-21-14-15-21)26(32)23-5-3-2-4-22(23)24(30)18-10-12-20(27)13-11-18/h2-13,21H,14-16H2,1H3,(H,28,31). The molecule has 0 radical (unpaired) electrons. The van der Waals surface area contributed by atoms with Crippen molar-refractivity contribution in [2.24, 2.45) is 0 Å². The molecule has 0 spiro atoms. The van der Waals surface area contributed by atoms with Crippen molar-refractivity contribution >= 4 is 29.2 Å². The molecule has 0 atom stereocenters. The first-order valence-electron chi connectivity index (χ1n) is 10.5. The summed E-state index contributed by atoms with van der Waals surface area (Å²) in [4.78, 5) is 39.9. The minimum atomic E-state index is -0.251. The molecule has 0 bridgehead atoms. The number of amides is 2. The molecule has 6 heteroatoms. The van der Waals surface area contributed by atoms with Gasteiger partial charge in [0.25, 0.3) is 11.8 Å². The first-order valence-corrected chi connectivity index (χ1v) is 10.8. The van der Waals surface area contributed by atoms with Crippen molar-refractivity contribution in [3.8, 4) is 0 Å². The monoisotopic (exact) mass is 446 g/mol. The zero-order valence-electron chi connectivity index (χ0n) is 17.7. The lowest BCUT2D eigenvalue weighted by Crippen LogP contribution is -2.28. The molecule has 0 aliphatic heterocycles. The molecule has 3 aromatic rings. The van der Waals surface area contributed by atoms with Gasteiger partial charge in [-0.25, -0.2) is 0 Å². The average molecular weight is 447 g/mol. The van der Waals surface area contributed by atoms with Crippen molar-refractivity contribution < 1.29 is 14.4 Å². The summed E-state index contributed by atoms with van der Waals surface area (Å²) in [7, 11) is 1.69. The number of hydrogen-bond acceptors (Lipinski definition) is 3. The van der Waals surface area contributed by atoms with Gasteiger partial charge in [-0.05, 0) is 60.9 Å². The Bertz CT molecular complexity index is 1150. The highest BCUT2D eigenvalue weighted by Crippen LogP contribution is 2.21. The molecular formula is C26H23ClN2O3. The highest BCUT2D eigenvalue weighted by Gasteiger charge is 2.24. The van der Waals surface area contributed by atoms with Crippen LogP contribution in [-0.4, -0.2) is 35.6 Å². The third kappa shape index (κ3) is 5.06. The van der Waals surface area contributed by atoms with Gasteiger partial charge in [0, 0.05) is 41.3 Å². The highest BCUT2D eigenvalue weighted by molar-refractivity contribution is 6.30. The van der Waals surface area contributed by atoms with Gasteiger partial charge in [0.15, 0.2) is 5.78 Å². The second kappa shape index (κ2) is 9.37. The minimum Gasteiger partial charge on any atom is -0.349 e. The van der Waals surface area contributed by atoms with Gasteiger partial charge < -0.3 is 10.2 Å². The average Bonchev–Trinajstić information content (AvgIpc) is 3.63. The van der Waals surface area contributed by atoms with Crippen LogP contribution in [0, 0.1) is 0 Å². The Morgan fingerprint density at radius 1 is 0.875 bits per heavy atom. The summed E-state index contributed by atoms with van der Waals surface area (Å²) in [5.41, 5.74) is 2.66. The molecule has 5 nitrogen and oxygen atoms in total. The van der Waals surface area contributed by atoms with Gasteiger partial charge in [0.05, 0.1) is 5.56 Å². The summed E-state index contributed by atoms with van der Waals surface area (Å²) in [5.74, 6) is -0.554. The highest BCUT2D eigenvalue weighted by atomic mass is 35.5. The lowest BCUT2D eigenvalue weighted by atomic mass is 9.97. The summed E-state index contributed by atoms with van der Waals surface area (Å²) in [5, 5.41) is 3.50. The van der Waals surface area contributed by atoms with Crippen LogP contribution in [-0.2, 0) is 6.54 Å². The number of ketones is 1. The Balaban J connectivity index is 1.47. The smallest absolute Gasteiger partial charge is 0.254 e.